The largest absolute Gasteiger partial charge is 0.370 e. The molecule has 1 aromatic rings. The lowest BCUT2D eigenvalue weighted by Crippen LogP contribution is -2.19. The zero-order valence-corrected chi connectivity index (χ0v) is 11.3. The summed E-state index contributed by atoms with van der Waals surface area (Å²) in [6, 6.07) is 0. The molecule has 0 spiro atoms. The van der Waals surface area contributed by atoms with Crippen molar-refractivity contribution < 1.29 is 0 Å². The maximum atomic E-state index is 4.85. The highest BCUT2D eigenvalue weighted by molar-refractivity contribution is 5.48. The fourth-order valence-corrected chi connectivity index (χ4v) is 2.85. The van der Waals surface area contributed by atoms with Gasteiger partial charge in [-0.1, -0.05) is 13.3 Å². The van der Waals surface area contributed by atoms with E-state index in [0.29, 0.717) is 5.92 Å². The Kier molecular flexibility index (Phi) is 3.48. The molecule has 0 bridgehead atoms. The average Bonchev–Trinajstić information content (AvgIpc) is 2.34. The van der Waals surface area contributed by atoms with Gasteiger partial charge in [0.1, 0.15) is 11.6 Å². The Morgan fingerprint density at radius 2 is 1.94 bits per heavy atom. The lowest BCUT2D eigenvalue weighted by Gasteiger charge is -2.27. The minimum absolute atomic E-state index is 0.638. The number of aryl methyl sites for hydroxylation is 1. The van der Waals surface area contributed by atoms with Gasteiger partial charge in [0, 0.05) is 23.7 Å². The van der Waals surface area contributed by atoms with Crippen LogP contribution in [0.25, 0.3) is 0 Å². The fraction of sp³-hybridized carbons (Fsp3) is 0.733. The SMILES string of the molecule is CCCNc1nc(C2CCC2)nc2c1CCCC2. The second-order valence-corrected chi connectivity index (χ2v) is 5.62. The van der Waals surface area contributed by atoms with Crippen LogP contribution in [0.4, 0.5) is 5.82 Å². The Bertz CT molecular complexity index is 424. The standard InChI is InChI=1S/C15H23N3/c1-2-10-16-15-12-8-3-4-9-13(12)17-14(18-15)11-6-5-7-11/h11H,2-10H2,1H3,(H,16,17,18). The van der Waals surface area contributed by atoms with Crippen LogP contribution in [0, 0.1) is 0 Å². The van der Waals surface area contributed by atoms with Gasteiger partial charge >= 0.3 is 0 Å². The zero-order chi connectivity index (χ0) is 12.4. The number of fused-ring (bicyclic) bond motifs is 1. The van der Waals surface area contributed by atoms with E-state index in [1.165, 1.54) is 43.4 Å². The van der Waals surface area contributed by atoms with E-state index in [0.717, 1.165) is 37.4 Å². The van der Waals surface area contributed by atoms with Gasteiger partial charge in [0.05, 0.1) is 0 Å². The third kappa shape index (κ3) is 2.23. The van der Waals surface area contributed by atoms with Crippen molar-refractivity contribution in [3.8, 4) is 0 Å². The molecule has 0 aromatic carbocycles. The number of nitrogens with zero attached hydrogens (tertiary/aromatic N) is 2. The number of aromatic nitrogens is 2. The van der Waals surface area contributed by atoms with Gasteiger partial charge in [0.2, 0.25) is 0 Å². The van der Waals surface area contributed by atoms with Crippen LogP contribution in [0.2, 0.25) is 0 Å². The van der Waals surface area contributed by atoms with Crippen molar-refractivity contribution >= 4 is 5.82 Å². The summed E-state index contributed by atoms with van der Waals surface area (Å²) >= 11 is 0. The van der Waals surface area contributed by atoms with Crippen LogP contribution in [-0.4, -0.2) is 16.5 Å². The van der Waals surface area contributed by atoms with Crippen LogP contribution in [0.1, 0.15) is 68.4 Å². The summed E-state index contributed by atoms with van der Waals surface area (Å²) in [6.45, 7) is 3.22. The van der Waals surface area contributed by atoms with Crippen LogP contribution >= 0.6 is 0 Å². The predicted molar refractivity (Wildman–Crippen MR) is 74.0 cm³/mol. The lowest BCUT2D eigenvalue weighted by molar-refractivity contribution is 0.399. The number of hydrogen-bond donors (Lipinski definition) is 1. The molecule has 1 N–H and O–H groups in total. The Balaban J connectivity index is 1.92. The van der Waals surface area contributed by atoms with E-state index >= 15 is 0 Å². The van der Waals surface area contributed by atoms with E-state index in [4.69, 9.17) is 9.97 Å². The highest BCUT2D eigenvalue weighted by atomic mass is 15.0. The van der Waals surface area contributed by atoms with Crippen LogP contribution in [0.3, 0.4) is 0 Å². The lowest BCUT2D eigenvalue weighted by atomic mass is 9.84. The smallest absolute Gasteiger partial charge is 0.134 e. The van der Waals surface area contributed by atoms with E-state index in [1.54, 1.807) is 0 Å². The van der Waals surface area contributed by atoms with Gasteiger partial charge in [0.15, 0.2) is 0 Å². The molecular weight excluding hydrogens is 222 g/mol. The molecule has 3 rings (SSSR count). The minimum Gasteiger partial charge on any atom is -0.370 e. The molecule has 2 aliphatic rings. The zero-order valence-electron chi connectivity index (χ0n) is 11.3. The molecule has 0 radical (unpaired) electrons. The maximum Gasteiger partial charge on any atom is 0.134 e. The molecule has 3 nitrogen and oxygen atoms in total. The molecule has 0 atom stereocenters. The van der Waals surface area contributed by atoms with E-state index in [2.05, 4.69) is 12.2 Å². The molecule has 0 aliphatic heterocycles. The van der Waals surface area contributed by atoms with Gasteiger partial charge in [-0.2, -0.15) is 0 Å². The molecule has 18 heavy (non-hydrogen) atoms. The summed E-state index contributed by atoms with van der Waals surface area (Å²) in [7, 11) is 0. The number of anilines is 1. The second kappa shape index (κ2) is 5.25. The van der Waals surface area contributed by atoms with Crippen molar-refractivity contribution in [2.75, 3.05) is 11.9 Å². The maximum absolute atomic E-state index is 4.85. The summed E-state index contributed by atoms with van der Waals surface area (Å²) in [4.78, 5) is 9.68. The Morgan fingerprint density at radius 3 is 2.67 bits per heavy atom. The van der Waals surface area contributed by atoms with Crippen LogP contribution in [0.5, 0.6) is 0 Å². The third-order valence-electron chi connectivity index (χ3n) is 4.21. The molecule has 0 saturated heterocycles. The molecule has 1 heterocycles. The number of hydrogen-bond acceptors (Lipinski definition) is 3. The number of nitrogens with one attached hydrogen (secondary N) is 1. The van der Waals surface area contributed by atoms with Crippen molar-refractivity contribution in [1.29, 1.82) is 0 Å². The Hall–Kier alpha value is -1.12. The molecule has 1 aromatic heterocycles. The molecular formula is C15H23N3. The first-order valence-corrected chi connectivity index (χ1v) is 7.52. The van der Waals surface area contributed by atoms with Crippen molar-refractivity contribution in [2.24, 2.45) is 0 Å². The molecule has 3 heteroatoms. The molecule has 1 saturated carbocycles. The molecule has 0 amide bonds. The fourth-order valence-electron chi connectivity index (χ4n) is 2.85. The van der Waals surface area contributed by atoms with E-state index in [-0.39, 0.29) is 0 Å². The predicted octanol–water partition coefficient (Wildman–Crippen LogP) is 3.44. The molecule has 0 unspecified atom stereocenters. The molecule has 98 valence electrons. The van der Waals surface area contributed by atoms with Gasteiger partial charge in [-0.25, -0.2) is 9.97 Å². The Labute approximate surface area is 109 Å². The second-order valence-electron chi connectivity index (χ2n) is 5.62. The summed E-state index contributed by atoms with van der Waals surface area (Å²) in [5, 5.41) is 3.51. The average molecular weight is 245 g/mol. The number of rotatable bonds is 4. The Morgan fingerprint density at radius 1 is 1.11 bits per heavy atom. The topological polar surface area (TPSA) is 37.8 Å². The first-order chi connectivity index (χ1) is 8.88. The summed E-state index contributed by atoms with van der Waals surface area (Å²) in [5.41, 5.74) is 2.73. The third-order valence-corrected chi connectivity index (χ3v) is 4.21. The summed E-state index contributed by atoms with van der Waals surface area (Å²) < 4.78 is 0. The van der Waals surface area contributed by atoms with Crippen molar-refractivity contribution in [2.45, 2.75) is 64.2 Å². The highest BCUT2D eigenvalue weighted by Gasteiger charge is 2.25. The van der Waals surface area contributed by atoms with Gasteiger partial charge < -0.3 is 5.32 Å². The van der Waals surface area contributed by atoms with E-state index in [9.17, 15) is 0 Å². The quantitative estimate of drug-likeness (QED) is 0.883. The van der Waals surface area contributed by atoms with Crippen LogP contribution < -0.4 is 5.32 Å². The van der Waals surface area contributed by atoms with E-state index < -0.39 is 0 Å². The summed E-state index contributed by atoms with van der Waals surface area (Å²) in [6.07, 6.45) is 9.96. The van der Waals surface area contributed by atoms with Crippen molar-refractivity contribution in [3.05, 3.63) is 17.1 Å². The molecule has 2 aliphatic carbocycles. The highest BCUT2D eigenvalue weighted by Crippen LogP contribution is 2.36. The van der Waals surface area contributed by atoms with Gasteiger partial charge in [-0.15, -0.1) is 0 Å². The minimum atomic E-state index is 0.638. The van der Waals surface area contributed by atoms with Gasteiger partial charge in [-0.3, -0.25) is 0 Å². The van der Waals surface area contributed by atoms with E-state index in [1.807, 2.05) is 0 Å². The van der Waals surface area contributed by atoms with Gasteiger partial charge in [0.25, 0.3) is 0 Å². The van der Waals surface area contributed by atoms with Crippen molar-refractivity contribution in [1.82, 2.24) is 9.97 Å². The van der Waals surface area contributed by atoms with Crippen LogP contribution in [0.15, 0.2) is 0 Å². The summed E-state index contributed by atoms with van der Waals surface area (Å²) in [5.74, 6) is 2.89. The normalized spacial score (nSPS) is 19.2. The monoisotopic (exact) mass is 245 g/mol. The first kappa shape index (κ1) is 11.9. The first-order valence-electron chi connectivity index (χ1n) is 7.52. The van der Waals surface area contributed by atoms with Crippen molar-refractivity contribution in [3.63, 3.8) is 0 Å². The molecule has 1 fully saturated rings. The van der Waals surface area contributed by atoms with Gasteiger partial charge in [-0.05, 0) is 44.9 Å². The van der Waals surface area contributed by atoms with Crippen LogP contribution in [-0.2, 0) is 12.8 Å².